The van der Waals surface area contributed by atoms with Gasteiger partial charge in [0, 0.05) is 35.0 Å². The number of fused-ring (bicyclic) bond motifs is 3. The second kappa shape index (κ2) is 8.28. The van der Waals surface area contributed by atoms with E-state index in [1.807, 2.05) is 38.1 Å². The summed E-state index contributed by atoms with van der Waals surface area (Å²) in [4.78, 5) is 34.3. The second-order valence-electron chi connectivity index (χ2n) is 7.53. The number of hydrogen-bond acceptors (Lipinski definition) is 6. The molecule has 0 unspecified atom stereocenters. The van der Waals surface area contributed by atoms with E-state index >= 15 is 0 Å². The van der Waals surface area contributed by atoms with E-state index in [0.717, 1.165) is 5.56 Å². The molecule has 4 rings (SSSR count). The predicted molar refractivity (Wildman–Crippen MR) is 119 cm³/mol. The fourth-order valence-electron chi connectivity index (χ4n) is 3.60. The first-order valence-corrected chi connectivity index (χ1v) is 10.5. The fourth-order valence-corrected chi connectivity index (χ4v) is 4.00. The van der Waals surface area contributed by atoms with Crippen LogP contribution in [0.2, 0.25) is 0 Å². The first-order valence-electron chi connectivity index (χ1n) is 9.69. The van der Waals surface area contributed by atoms with E-state index in [0.29, 0.717) is 39.1 Å². The van der Waals surface area contributed by atoms with Gasteiger partial charge in [-0.3, -0.25) is 20.0 Å². The van der Waals surface area contributed by atoms with Crippen molar-refractivity contribution in [2.75, 3.05) is 11.6 Å². The highest BCUT2D eigenvalue weighted by Gasteiger charge is 2.30. The molecule has 0 radical (unpaired) electrons. The molecule has 0 fully saturated rings. The van der Waals surface area contributed by atoms with Crippen LogP contribution in [0.4, 0.5) is 5.82 Å². The van der Waals surface area contributed by atoms with Crippen molar-refractivity contribution in [3.05, 3.63) is 75.6 Å². The second-order valence-corrected chi connectivity index (χ2v) is 8.38. The normalized spacial score (nSPS) is 11.6. The van der Waals surface area contributed by atoms with E-state index in [-0.39, 0.29) is 23.4 Å². The minimum Gasteiger partial charge on any atom is -0.289 e. The highest BCUT2D eigenvalue weighted by Crippen LogP contribution is 2.38. The Morgan fingerprint density at radius 1 is 1.16 bits per heavy atom. The Morgan fingerprint density at radius 3 is 2.58 bits per heavy atom. The predicted octanol–water partition coefficient (Wildman–Crippen LogP) is 4.13. The molecule has 1 aromatic heterocycles. The summed E-state index contributed by atoms with van der Waals surface area (Å²) in [5, 5.41) is 10.8. The van der Waals surface area contributed by atoms with Crippen molar-refractivity contribution in [3.8, 4) is 17.2 Å². The van der Waals surface area contributed by atoms with Gasteiger partial charge in [-0.15, -0.1) is 0 Å². The SMILES string of the molecule is CC(C)CN(NC(=O)c1cccc2c1-c1ccccc1C2=O)c1nc(C#N)ncc1Br. The number of carbonyl (C=O) groups is 2. The van der Waals surface area contributed by atoms with Crippen LogP contribution < -0.4 is 10.4 Å². The highest BCUT2D eigenvalue weighted by molar-refractivity contribution is 9.10. The van der Waals surface area contributed by atoms with Crippen molar-refractivity contribution in [1.29, 1.82) is 5.26 Å². The van der Waals surface area contributed by atoms with Gasteiger partial charge in [-0.05, 0) is 33.5 Å². The summed E-state index contributed by atoms with van der Waals surface area (Å²) in [7, 11) is 0. The number of rotatable bonds is 5. The van der Waals surface area contributed by atoms with E-state index in [1.54, 1.807) is 29.3 Å². The molecule has 0 saturated carbocycles. The summed E-state index contributed by atoms with van der Waals surface area (Å²) in [6, 6.07) is 14.3. The lowest BCUT2D eigenvalue weighted by Gasteiger charge is -2.27. The van der Waals surface area contributed by atoms with E-state index in [9.17, 15) is 14.9 Å². The first kappa shape index (κ1) is 20.7. The molecule has 7 nitrogen and oxygen atoms in total. The Balaban J connectivity index is 1.74. The Bertz CT molecular complexity index is 1250. The van der Waals surface area contributed by atoms with Crippen LogP contribution in [0.25, 0.3) is 11.1 Å². The number of carbonyl (C=O) groups excluding carboxylic acids is 2. The Morgan fingerprint density at radius 2 is 1.87 bits per heavy atom. The average molecular weight is 476 g/mol. The van der Waals surface area contributed by atoms with E-state index in [1.165, 1.54) is 6.20 Å². The molecule has 31 heavy (non-hydrogen) atoms. The largest absolute Gasteiger partial charge is 0.289 e. The van der Waals surface area contributed by atoms with Crippen molar-refractivity contribution in [3.63, 3.8) is 0 Å². The molecule has 1 amide bonds. The number of ketones is 1. The molecule has 0 saturated heterocycles. The summed E-state index contributed by atoms with van der Waals surface area (Å²) < 4.78 is 0.547. The lowest BCUT2D eigenvalue weighted by atomic mass is 9.99. The zero-order chi connectivity index (χ0) is 22.1. The van der Waals surface area contributed by atoms with Crippen molar-refractivity contribution in [2.45, 2.75) is 13.8 Å². The molecular formula is C23H18BrN5O2. The van der Waals surface area contributed by atoms with Gasteiger partial charge in [-0.2, -0.15) is 10.2 Å². The van der Waals surface area contributed by atoms with Crippen LogP contribution in [0.1, 0.15) is 46.0 Å². The number of anilines is 1. The van der Waals surface area contributed by atoms with Crippen LogP contribution in [0.5, 0.6) is 0 Å². The molecule has 1 aliphatic carbocycles. The number of nitriles is 1. The Kier molecular flexibility index (Phi) is 5.53. The molecular weight excluding hydrogens is 458 g/mol. The molecule has 2 aromatic carbocycles. The number of nitrogens with one attached hydrogen (secondary N) is 1. The minimum atomic E-state index is -0.369. The molecule has 3 aromatic rings. The number of benzene rings is 2. The van der Waals surface area contributed by atoms with Crippen molar-refractivity contribution < 1.29 is 9.59 Å². The molecule has 0 bridgehead atoms. The van der Waals surface area contributed by atoms with E-state index in [4.69, 9.17) is 0 Å². The van der Waals surface area contributed by atoms with Gasteiger partial charge in [0.25, 0.3) is 5.91 Å². The number of aromatic nitrogens is 2. The maximum atomic E-state index is 13.4. The molecule has 0 spiro atoms. The Labute approximate surface area is 187 Å². The average Bonchev–Trinajstić information content (AvgIpc) is 3.06. The first-order chi connectivity index (χ1) is 14.9. The molecule has 0 aliphatic heterocycles. The van der Waals surface area contributed by atoms with Gasteiger partial charge in [0.1, 0.15) is 6.07 Å². The van der Waals surface area contributed by atoms with Crippen LogP contribution in [-0.4, -0.2) is 28.2 Å². The summed E-state index contributed by atoms with van der Waals surface area (Å²) in [5.41, 5.74) is 5.78. The standard InChI is InChI=1S/C23H18BrN5O2/c1-13(2)12-29(22-18(24)11-26-19(10-25)27-22)28-23(31)17-9-5-8-16-20(17)14-6-3-4-7-15(14)21(16)30/h3-9,11,13H,12H2,1-2H3,(H,28,31). The maximum absolute atomic E-state index is 13.4. The summed E-state index contributed by atoms with van der Waals surface area (Å²) >= 11 is 3.40. The van der Waals surface area contributed by atoms with Gasteiger partial charge >= 0.3 is 0 Å². The fraction of sp³-hybridized carbons (Fsp3) is 0.174. The van der Waals surface area contributed by atoms with Crippen LogP contribution in [0, 0.1) is 17.2 Å². The summed E-state index contributed by atoms with van der Waals surface area (Å²) in [6.07, 6.45) is 1.48. The van der Waals surface area contributed by atoms with Crippen LogP contribution >= 0.6 is 15.9 Å². The zero-order valence-electron chi connectivity index (χ0n) is 16.9. The van der Waals surface area contributed by atoms with Crippen molar-refractivity contribution in [2.24, 2.45) is 5.92 Å². The molecule has 0 atom stereocenters. The number of hydrogen-bond donors (Lipinski definition) is 1. The smallest absolute Gasteiger partial charge is 0.270 e. The monoisotopic (exact) mass is 475 g/mol. The Hall–Kier alpha value is -3.57. The maximum Gasteiger partial charge on any atom is 0.270 e. The molecule has 8 heteroatoms. The molecule has 1 aliphatic rings. The topological polar surface area (TPSA) is 99.0 Å². The zero-order valence-corrected chi connectivity index (χ0v) is 18.5. The lowest BCUT2D eigenvalue weighted by Crippen LogP contribution is -2.45. The third-order valence-electron chi connectivity index (χ3n) is 4.86. The van der Waals surface area contributed by atoms with Gasteiger partial charge in [-0.25, -0.2) is 4.98 Å². The third kappa shape index (κ3) is 3.80. The van der Waals surface area contributed by atoms with Gasteiger partial charge in [0.2, 0.25) is 5.82 Å². The van der Waals surface area contributed by atoms with Gasteiger partial charge in [-0.1, -0.05) is 50.2 Å². The molecule has 154 valence electrons. The quantitative estimate of drug-likeness (QED) is 0.435. The summed E-state index contributed by atoms with van der Waals surface area (Å²) in [6.45, 7) is 4.47. The number of halogens is 1. The molecule has 1 N–H and O–H groups in total. The van der Waals surface area contributed by atoms with Gasteiger partial charge in [0.05, 0.1) is 4.47 Å². The number of amides is 1. The molecule has 1 heterocycles. The number of hydrazine groups is 1. The van der Waals surface area contributed by atoms with Crippen molar-refractivity contribution in [1.82, 2.24) is 15.4 Å². The highest BCUT2D eigenvalue weighted by atomic mass is 79.9. The minimum absolute atomic E-state index is 0.00123. The van der Waals surface area contributed by atoms with Crippen LogP contribution in [0.3, 0.4) is 0 Å². The lowest BCUT2D eigenvalue weighted by molar-refractivity contribution is 0.0948. The van der Waals surface area contributed by atoms with Crippen LogP contribution in [-0.2, 0) is 0 Å². The van der Waals surface area contributed by atoms with Crippen molar-refractivity contribution >= 4 is 33.4 Å². The third-order valence-corrected chi connectivity index (χ3v) is 5.42. The number of nitrogens with zero attached hydrogens (tertiary/aromatic N) is 4. The summed E-state index contributed by atoms with van der Waals surface area (Å²) in [5.74, 6) is 0.123. The van der Waals surface area contributed by atoms with Gasteiger partial charge in [0.15, 0.2) is 11.6 Å². The van der Waals surface area contributed by atoms with E-state index < -0.39 is 0 Å². The van der Waals surface area contributed by atoms with Crippen LogP contribution in [0.15, 0.2) is 53.1 Å². The van der Waals surface area contributed by atoms with Gasteiger partial charge < -0.3 is 0 Å². The van der Waals surface area contributed by atoms with E-state index in [2.05, 4.69) is 31.3 Å².